The van der Waals surface area contributed by atoms with Crippen LogP contribution in [0.5, 0.6) is 5.75 Å². The topological polar surface area (TPSA) is 42.0 Å². The van der Waals surface area contributed by atoms with E-state index < -0.39 is 0 Å². The van der Waals surface area contributed by atoms with Gasteiger partial charge in [0.05, 0.1) is 19.8 Å². The van der Waals surface area contributed by atoms with Crippen molar-refractivity contribution in [2.75, 3.05) is 37.7 Å². The third-order valence-electron chi connectivity index (χ3n) is 5.74. The van der Waals surface area contributed by atoms with Gasteiger partial charge in [-0.05, 0) is 55.0 Å². The van der Waals surface area contributed by atoms with E-state index in [4.69, 9.17) is 9.47 Å². The fourth-order valence-corrected chi connectivity index (χ4v) is 3.98. The minimum absolute atomic E-state index is 0.00103. The first kappa shape index (κ1) is 22.8. The van der Waals surface area contributed by atoms with Crippen molar-refractivity contribution in [1.29, 1.82) is 0 Å². The summed E-state index contributed by atoms with van der Waals surface area (Å²) < 4.78 is 24.9. The van der Waals surface area contributed by atoms with Crippen LogP contribution >= 0.6 is 0 Å². The number of amides is 1. The van der Waals surface area contributed by atoms with Crippen molar-refractivity contribution in [1.82, 2.24) is 4.90 Å². The van der Waals surface area contributed by atoms with Crippen molar-refractivity contribution in [3.8, 4) is 5.75 Å². The number of halogens is 1. The van der Waals surface area contributed by atoms with E-state index in [1.165, 1.54) is 12.1 Å². The van der Waals surface area contributed by atoms with Gasteiger partial charge in [-0.1, -0.05) is 30.3 Å². The minimum Gasteiger partial charge on any atom is -0.494 e. The summed E-state index contributed by atoms with van der Waals surface area (Å²) in [5, 5.41) is 0. The molecule has 0 unspecified atom stereocenters. The third-order valence-corrected chi connectivity index (χ3v) is 5.74. The molecule has 0 aromatic heterocycles. The molecule has 0 N–H and O–H groups in total. The van der Waals surface area contributed by atoms with Crippen LogP contribution in [0, 0.1) is 5.82 Å². The molecule has 1 fully saturated rings. The van der Waals surface area contributed by atoms with E-state index in [-0.39, 0.29) is 11.7 Å². The molecule has 4 rings (SSSR count). The lowest BCUT2D eigenvalue weighted by molar-refractivity contribution is 0.0745. The largest absolute Gasteiger partial charge is 0.494 e. The van der Waals surface area contributed by atoms with E-state index in [1.54, 1.807) is 12.1 Å². The number of hydrogen-bond donors (Lipinski definition) is 0. The first-order chi connectivity index (χ1) is 16.1. The summed E-state index contributed by atoms with van der Waals surface area (Å²) in [7, 11) is 0. The van der Waals surface area contributed by atoms with Gasteiger partial charge in [-0.2, -0.15) is 0 Å². The molecule has 0 saturated carbocycles. The van der Waals surface area contributed by atoms with Gasteiger partial charge in [-0.3, -0.25) is 4.79 Å². The number of carbonyl (C=O) groups is 1. The summed E-state index contributed by atoms with van der Waals surface area (Å²) in [5.74, 6) is 0.496. The zero-order chi connectivity index (χ0) is 23.0. The summed E-state index contributed by atoms with van der Waals surface area (Å²) in [6.45, 7) is 5.99. The Hall–Kier alpha value is -3.38. The molecule has 0 bridgehead atoms. The maximum Gasteiger partial charge on any atom is 0.253 e. The van der Waals surface area contributed by atoms with Crippen LogP contribution in [0.3, 0.4) is 0 Å². The van der Waals surface area contributed by atoms with Gasteiger partial charge in [-0.15, -0.1) is 0 Å². The first-order valence-corrected chi connectivity index (χ1v) is 11.3. The second kappa shape index (κ2) is 11.0. The summed E-state index contributed by atoms with van der Waals surface area (Å²) in [4.78, 5) is 17.2. The van der Waals surface area contributed by atoms with Crippen LogP contribution in [0.25, 0.3) is 0 Å². The van der Waals surface area contributed by atoms with Crippen molar-refractivity contribution in [2.45, 2.75) is 20.1 Å². The number of piperazine rings is 1. The van der Waals surface area contributed by atoms with Crippen molar-refractivity contribution in [3.05, 3.63) is 95.3 Å². The summed E-state index contributed by atoms with van der Waals surface area (Å²) >= 11 is 0. The number of rotatable bonds is 8. The lowest BCUT2D eigenvalue weighted by Crippen LogP contribution is -2.48. The molecule has 0 atom stereocenters. The highest BCUT2D eigenvalue weighted by Gasteiger charge is 2.23. The van der Waals surface area contributed by atoms with Gasteiger partial charge in [0.15, 0.2) is 0 Å². The van der Waals surface area contributed by atoms with Crippen LogP contribution < -0.4 is 9.64 Å². The smallest absolute Gasteiger partial charge is 0.253 e. The van der Waals surface area contributed by atoms with Crippen molar-refractivity contribution < 1.29 is 18.7 Å². The van der Waals surface area contributed by atoms with Crippen LogP contribution in [0.2, 0.25) is 0 Å². The normalized spacial score (nSPS) is 13.8. The maximum atomic E-state index is 13.2. The SMILES string of the molecule is CCOc1ccc(C(=O)N2CCN(c3ccc(F)cc3)CC2)cc1COCc1ccccc1. The van der Waals surface area contributed by atoms with Crippen LogP contribution in [-0.2, 0) is 18.0 Å². The Kier molecular flexibility index (Phi) is 7.58. The van der Waals surface area contributed by atoms with Crippen LogP contribution in [0.1, 0.15) is 28.4 Å². The summed E-state index contributed by atoms with van der Waals surface area (Å²) in [6.07, 6.45) is 0. The Morgan fingerprint density at radius 2 is 1.64 bits per heavy atom. The number of nitrogens with zero attached hydrogens (tertiary/aromatic N) is 2. The molecule has 0 radical (unpaired) electrons. The minimum atomic E-state index is -0.244. The van der Waals surface area contributed by atoms with Gasteiger partial charge in [0.1, 0.15) is 11.6 Å². The molecule has 1 aliphatic heterocycles. The molecule has 1 amide bonds. The predicted octanol–water partition coefficient (Wildman–Crippen LogP) is 4.90. The fourth-order valence-electron chi connectivity index (χ4n) is 3.98. The maximum absolute atomic E-state index is 13.2. The molecular weight excluding hydrogens is 419 g/mol. The second-order valence-corrected chi connectivity index (χ2v) is 7.99. The lowest BCUT2D eigenvalue weighted by Gasteiger charge is -2.36. The molecule has 5 nitrogen and oxygen atoms in total. The summed E-state index contributed by atoms with van der Waals surface area (Å²) in [5.41, 5.74) is 3.57. The molecule has 6 heteroatoms. The first-order valence-electron chi connectivity index (χ1n) is 11.3. The van der Waals surface area contributed by atoms with Crippen LogP contribution in [0.15, 0.2) is 72.8 Å². The zero-order valence-electron chi connectivity index (χ0n) is 18.9. The Morgan fingerprint density at radius 3 is 2.33 bits per heavy atom. The third kappa shape index (κ3) is 5.90. The molecule has 0 spiro atoms. The van der Waals surface area contributed by atoms with Gasteiger partial charge in [0, 0.05) is 43.0 Å². The van der Waals surface area contributed by atoms with E-state index >= 15 is 0 Å². The molecule has 3 aromatic rings. The highest BCUT2D eigenvalue weighted by Crippen LogP contribution is 2.24. The van der Waals surface area contributed by atoms with Crippen molar-refractivity contribution in [3.63, 3.8) is 0 Å². The van der Waals surface area contributed by atoms with Gasteiger partial charge in [-0.25, -0.2) is 4.39 Å². The van der Waals surface area contributed by atoms with E-state index in [9.17, 15) is 9.18 Å². The van der Waals surface area contributed by atoms with E-state index in [0.29, 0.717) is 51.6 Å². The summed E-state index contributed by atoms with van der Waals surface area (Å²) in [6, 6.07) is 22.0. The van der Waals surface area contributed by atoms with Gasteiger partial charge in [0.25, 0.3) is 5.91 Å². The van der Waals surface area contributed by atoms with E-state index in [1.807, 2.05) is 60.4 Å². The van der Waals surface area contributed by atoms with Crippen molar-refractivity contribution in [2.24, 2.45) is 0 Å². The molecule has 1 heterocycles. The number of carbonyl (C=O) groups excluding carboxylic acids is 1. The van der Waals surface area contributed by atoms with Crippen molar-refractivity contribution >= 4 is 11.6 Å². The average Bonchev–Trinajstić information content (AvgIpc) is 2.86. The van der Waals surface area contributed by atoms with E-state index in [0.717, 1.165) is 22.6 Å². The van der Waals surface area contributed by atoms with Gasteiger partial charge < -0.3 is 19.3 Å². The number of hydrogen-bond acceptors (Lipinski definition) is 4. The molecule has 1 aliphatic rings. The molecule has 3 aromatic carbocycles. The fraction of sp³-hybridized carbons (Fsp3) is 0.296. The van der Waals surface area contributed by atoms with E-state index in [2.05, 4.69) is 4.90 Å². The second-order valence-electron chi connectivity index (χ2n) is 7.99. The molecule has 33 heavy (non-hydrogen) atoms. The molecular formula is C27H29FN2O3. The Bertz CT molecular complexity index is 1050. The van der Waals surface area contributed by atoms with Crippen LogP contribution in [-0.4, -0.2) is 43.6 Å². The Labute approximate surface area is 194 Å². The predicted molar refractivity (Wildman–Crippen MR) is 127 cm³/mol. The average molecular weight is 449 g/mol. The number of anilines is 1. The highest BCUT2D eigenvalue weighted by atomic mass is 19.1. The van der Waals surface area contributed by atoms with Crippen LogP contribution in [0.4, 0.5) is 10.1 Å². The Morgan fingerprint density at radius 1 is 0.909 bits per heavy atom. The number of ether oxygens (including phenoxy) is 2. The standard InChI is InChI=1S/C27H29FN2O3/c1-2-33-26-13-8-22(18-23(26)20-32-19-21-6-4-3-5-7-21)27(31)30-16-14-29(15-17-30)25-11-9-24(28)10-12-25/h3-13,18H,2,14-17,19-20H2,1H3. The van der Waals surface area contributed by atoms with Gasteiger partial charge in [0.2, 0.25) is 0 Å². The highest BCUT2D eigenvalue weighted by molar-refractivity contribution is 5.94. The Balaban J connectivity index is 1.39. The molecule has 1 saturated heterocycles. The zero-order valence-corrected chi connectivity index (χ0v) is 18.9. The lowest BCUT2D eigenvalue weighted by atomic mass is 10.1. The quantitative estimate of drug-likeness (QED) is 0.491. The monoisotopic (exact) mass is 448 g/mol. The number of benzene rings is 3. The molecule has 0 aliphatic carbocycles. The molecule has 172 valence electrons. The van der Waals surface area contributed by atoms with Gasteiger partial charge >= 0.3 is 0 Å².